The maximum atomic E-state index is 11.7. The molecular formula is C16H26N2O3. The minimum Gasteiger partial charge on any atom is -0.497 e. The van der Waals surface area contributed by atoms with E-state index in [0.29, 0.717) is 18.3 Å². The van der Waals surface area contributed by atoms with Crippen molar-refractivity contribution in [3.8, 4) is 11.5 Å². The lowest BCUT2D eigenvalue weighted by atomic mass is 10.1. The van der Waals surface area contributed by atoms with Gasteiger partial charge in [0.05, 0.1) is 7.11 Å². The molecular weight excluding hydrogens is 268 g/mol. The maximum absolute atomic E-state index is 11.7. The molecule has 0 atom stereocenters. The van der Waals surface area contributed by atoms with Gasteiger partial charge in [-0.2, -0.15) is 0 Å². The van der Waals surface area contributed by atoms with Crippen molar-refractivity contribution in [2.45, 2.75) is 46.3 Å². The van der Waals surface area contributed by atoms with E-state index in [9.17, 15) is 4.79 Å². The molecule has 118 valence electrons. The van der Waals surface area contributed by atoms with Crippen molar-refractivity contribution < 1.29 is 14.3 Å². The molecule has 0 unspecified atom stereocenters. The van der Waals surface area contributed by atoms with Gasteiger partial charge in [0.2, 0.25) is 0 Å². The highest BCUT2D eigenvalue weighted by Gasteiger charge is 2.09. The summed E-state index contributed by atoms with van der Waals surface area (Å²) in [5.74, 6) is 1.35. The van der Waals surface area contributed by atoms with Crippen molar-refractivity contribution in [2.24, 2.45) is 0 Å². The third-order valence-corrected chi connectivity index (χ3v) is 2.78. The molecule has 0 saturated heterocycles. The van der Waals surface area contributed by atoms with Gasteiger partial charge < -0.3 is 20.1 Å². The van der Waals surface area contributed by atoms with E-state index in [1.54, 1.807) is 7.11 Å². The molecule has 0 aliphatic carbocycles. The van der Waals surface area contributed by atoms with Crippen LogP contribution in [0.1, 0.15) is 33.3 Å². The van der Waals surface area contributed by atoms with Crippen LogP contribution >= 0.6 is 0 Å². The van der Waals surface area contributed by atoms with Gasteiger partial charge in [-0.25, -0.2) is 0 Å². The molecule has 5 heteroatoms. The monoisotopic (exact) mass is 294 g/mol. The van der Waals surface area contributed by atoms with Crippen LogP contribution in [-0.4, -0.2) is 31.7 Å². The maximum Gasteiger partial charge on any atom is 0.258 e. The molecule has 5 nitrogen and oxygen atoms in total. The Morgan fingerprint density at radius 1 is 1.19 bits per heavy atom. The second-order valence-corrected chi connectivity index (χ2v) is 5.52. The molecule has 0 fully saturated rings. The smallest absolute Gasteiger partial charge is 0.258 e. The molecule has 2 N–H and O–H groups in total. The highest BCUT2D eigenvalue weighted by atomic mass is 16.5. The molecule has 0 bridgehead atoms. The fourth-order valence-electron chi connectivity index (χ4n) is 1.78. The van der Waals surface area contributed by atoms with Crippen LogP contribution in [0.5, 0.6) is 11.5 Å². The number of ether oxygens (including phenoxy) is 2. The lowest BCUT2D eigenvalue weighted by molar-refractivity contribution is -0.123. The summed E-state index contributed by atoms with van der Waals surface area (Å²) in [7, 11) is 1.63. The van der Waals surface area contributed by atoms with Crippen LogP contribution in [-0.2, 0) is 11.3 Å². The van der Waals surface area contributed by atoms with Gasteiger partial charge in [-0.1, -0.05) is 13.8 Å². The van der Waals surface area contributed by atoms with Crippen LogP contribution in [0.25, 0.3) is 0 Å². The Morgan fingerprint density at radius 3 is 2.48 bits per heavy atom. The zero-order valence-electron chi connectivity index (χ0n) is 13.5. The van der Waals surface area contributed by atoms with Crippen LogP contribution in [0.15, 0.2) is 18.2 Å². The van der Waals surface area contributed by atoms with Crippen LogP contribution in [0.2, 0.25) is 0 Å². The molecule has 1 aromatic carbocycles. The number of hydrogen-bond donors (Lipinski definition) is 2. The van der Waals surface area contributed by atoms with E-state index in [2.05, 4.69) is 24.5 Å². The summed E-state index contributed by atoms with van der Waals surface area (Å²) < 4.78 is 10.9. The topological polar surface area (TPSA) is 59.6 Å². The van der Waals surface area contributed by atoms with Crippen LogP contribution < -0.4 is 20.1 Å². The van der Waals surface area contributed by atoms with Gasteiger partial charge in [0, 0.05) is 24.2 Å². The number of benzene rings is 1. The molecule has 1 aromatic rings. The molecule has 0 saturated carbocycles. The first-order valence-corrected chi connectivity index (χ1v) is 7.24. The standard InChI is InChI=1S/C16H26N2O3/c1-11(2)17-9-13-8-14(20-5)6-7-15(13)21-10-16(19)18-12(3)4/h6-8,11-12,17H,9-10H2,1-5H3,(H,18,19). The molecule has 0 aromatic heterocycles. The number of hydrogen-bond acceptors (Lipinski definition) is 4. The molecule has 1 amide bonds. The summed E-state index contributed by atoms with van der Waals surface area (Å²) in [6, 6.07) is 6.06. The minimum atomic E-state index is -0.122. The summed E-state index contributed by atoms with van der Waals surface area (Å²) in [4.78, 5) is 11.7. The number of carbonyl (C=O) groups is 1. The second kappa shape index (κ2) is 8.52. The zero-order chi connectivity index (χ0) is 15.8. The summed E-state index contributed by atoms with van der Waals surface area (Å²) in [5.41, 5.74) is 0.973. The lowest BCUT2D eigenvalue weighted by Crippen LogP contribution is -2.34. The van der Waals surface area contributed by atoms with Gasteiger partial charge in [-0.15, -0.1) is 0 Å². The largest absolute Gasteiger partial charge is 0.497 e. The van der Waals surface area contributed by atoms with E-state index in [1.807, 2.05) is 32.0 Å². The number of carbonyl (C=O) groups excluding carboxylic acids is 1. The van der Waals surface area contributed by atoms with Gasteiger partial charge in [0.15, 0.2) is 6.61 Å². The molecule has 21 heavy (non-hydrogen) atoms. The van der Waals surface area contributed by atoms with Crippen molar-refractivity contribution in [3.63, 3.8) is 0 Å². The summed E-state index contributed by atoms with van der Waals surface area (Å²) >= 11 is 0. The number of nitrogens with one attached hydrogen (secondary N) is 2. The van der Waals surface area contributed by atoms with E-state index in [4.69, 9.17) is 9.47 Å². The third kappa shape index (κ3) is 6.49. The Balaban J connectivity index is 2.72. The van der Waals surface area contributed by atoms with Gasteiger partial charge in [0.25, 0.3) is 5.91 Å². The zero-order valence-corrected chi connectivity index (χ0v) is 13.5. The molecule has 0 aliphatic rings. The van der Waals surface area contributed by atoms with Crippen molar-refractivity contribution in [2.75, 3.05) is 13.7 Å². The van der Waals surface area contributed by atoms with Crippen LogP contribution in [0.3, 0.4) is 0 Å². The first kappa shape index (κ1) is 17.3. The summed E-state index contributed by atoms with van der Waals surface area (Å²) in [5, 5.41) is 6.14. The highest BCUT2D eigenvalue weighted by Crippen LogP contribution is 2.24. The number of rotatable bonds is 8. The molecule has 0 spiro atoms. The van der Waals surface area contributed by atoms with Gasteiger partial charge in [-0.3, -0.25) is 4.79 Å². The number of methoxy groups -OCH3 is 1. The van der Waals surface area contributed by atoms with E-state index in [-0.39, 0.29) is 18.6 Å². The van der Waals surface area contributed by atoms with Crippen LogP contribution in [0, 0.1) is 0 Å². The summed E-state index contributed by atoms with van der Waals surface area (Å²) in [6.45, 7) is 8.68. The van der Waals surface area contributed by atoms with Gasteiger partial charge in [0.1, 0.15) is 11.5 Å². The first-order valence-electron chi connectivity index (χ1n) is 7.24. The van der Waals surface area contributed by atoms with Crippen LogP contribution in [0.4, 0.5) is 0 Å². The fourth-order valence-corrected chi connectivity index (χ4v) is 1.78. The quantitative estimate of drug-likeness (QED) is 0.771. The highest BCUT2D eigenvalue weighted by molar-refractivity contribution is 5.77. The SMILES string of the molecule is COc1ccc(OCC(=O)NC(C)C)c(CNC(C)C)c1. The minimum absolute atomic E-state index is 0.0131. The van der Waals surface area contributed by atoms with Gasteiger partial charge in [-0.05, 0) is 32.0 Å². The van der Waals surface area contributed by atoms with Gasteiger partial charge >= 0.3 is 0 Å². The Bertz CT molecular complexity index is 459. The Hall–Kier alpha value is -1.75. The molecule has 0 aliphatic heterocycles. The van der Waals surface area contributed by atoms with Crippen molar-refractivity contribution in [3.05, 3.63) is 23.8 Å². The molecule has 0 radical (unpaired) electrons. The van der Waals surface area contributed by atoms with E-state index < -0.39 is 0 Å². The predicted octanol–water partition coefficient (Wildman–Crippen LogP) is 2.10. The second-order valence-electron chi connectivity index (χ2n) is 5.52. The Labute approximate surface area is 127 Å². The van der Waals surface area contributed by atoms with Crippen molar-refractivity contribution >= 4 is 5.91 Å². The van der Waals surface area contributed by atoms with E-state index in [0.717, 1.165) is 11.3 Å². The molecule has 1 rings (SSSR count). The normalized spacial score (nSPS) is 10.8. The Kier molecular flexibility index (Phi) is 7.02. The average Bonchev–Trinajstić information content (AvgIpc) is 2.42. The molecule has 0 heterocycles. The van der Waals surface area contributed by atoms with E-state index >= 15 is 0 Å². The number of amides is 1. The van der Waals surface area contributed by atoms with E-state index in [1.165, 1.54) is 0 Å². The summed E-state index contributed by atoms with van der Waals surface area (Å²) in [6.07, 6.45) is 0. The van der Waals surface area contributed by atoms with Crippen molar-refractivity contribution in [1.82, 2.24) is 10.6 Å². The predicted molar refractivity (Wildman–Crippen MR) is 83.7 cm³/mol. The first-order chi connectivity index (χ1) is 9.92. The van der Waals surface area contributed by atoms with Crippen molar-refractivity contribution in [1.29, 1.82) is 0 Å². The fraction of sp³-hybridized carbons (Fsp3) is 0.562. The lowest BCUT2D eigenvalue weighted by Gasteiger charge is -2.15. The average molecular weight is 294 g/mol. The third-order valence-electron chi connectivity index (χ3n) is 2.78. The Morgan fingerprint density at radius 2 is 1.90 bits per heavy atom.